The minimum Gasteiger partial charge on any atom is -0.303 e. The van der Waals surface area contributed by atoms with Crippen molar-refractivity contribution in [1.29, 1.82) is 0 Å². The Morgan fingerprint density at radius 1 is 0.889 bits per heavy atom. The largest absolute Gasteiger partial charge is 0.303 e. The van der Waals surface area contributed by atoms with Gasteiger partial charge in [-0.05, 0) is 36.2 Å². The monoisotopic (exact) mass is 238 g/mol. The molecule has 0 atom stereocenters. The van der Waals surface area contributed by atoms with E-state index in [1.165, 1.54) is 0 Å². The van der Waals surface area contributed by atoms with Gasteiger partial charge in [0, 0.05) is 6.42 Å². The molecule has 0 heterocycles. The summed E-state index contributed by atoms with van der Waals surface area (Å²) in [6, 6.07) is 17.4. The smallest absolute Gasteiger partial charge is 0.120 e. The molecule has 3 heteroatoms. The van der Waals surface area contributed by atoms with E-state index in [1.807, 2.05) is 54.6 Å². The highest BCUT2D eigenvalue weighted by Crippen LogP contribution is 2.19. The fraction of sp³-hybridized carbons (Fsp3) is 0.133. The number of carbonyl (C=O) groups is 1. The average Bonchev–Trinajstić information content (AvgIpc) is 2.44. The van der Waals surface area contributed by atoms with Crippen LogP contribution in [0.5, 0.6) is 0 Å². The molecular weight excluding hydrogens is 224 g/mol. The molecule has 0 radical (unpaired) electrons. The van der Waals surface area contributed by atoms with E-state index in [9.17, 15) is 4.79 Å². The maximum atomic E-state index is 10.3. The second kappa shape index (κ2) is 6.45. The van der Waals surface area contributed by atoms with Crippen molar-refractivity contribution in [3.63, 3.8) is 0 Å². The van der Waals surface area contributed by atoms with Crippen molar-refractivity contribution >= 4 is 17.7 Å². The predicted octanol–water partition coefficient (Wildman–Crippen LogP) is 4.23. The van der Waals surface area contributed by atoms with Gasteiger partial charge in [0.25, 0.3) is 0 Å². The number of azo groups is 1. The van der Waals surface area contributed by atoms with Gasteiger partial charge in [0.1, 0.15) is 6.29 Å². The van der Waals surface area contributed by atoms with Crippen molar-refractivity contribution in [3.05, 3.63) is 60.2 Å². The molecule has 3 nitrogen and oxygen atoms in total. The number of rotatable bonds is 5. The maximum absolute atomic E-state index is 10.3. The first-order valence-corrected chi connectivity index (χ1v) is 5.88. The fourth-order valence-corrected chi connectivity index (χ4v) is 1.61. The molecule has 0 bridgehead atoms. The Bertz CT molecular complexity index is 535. The maximum Gasteiger partial charge on any atom is 0.120 e. The van der Waals surface area contributed by atoms with Crippen molar-refractivity contribution < 1.29 is 4.79 Å². The zero-order valence-corrected chi connectivity index (χ0v) is 9.99. The highest BCUT2D eigenvalue weighted by atomic mass is 16.1. The topological polar surface area (TPSA) is 41.8 Å². The van der Waals surface area contributed by atoms with Crippen LogP contribution < -0.4 is 0 Å². The highest BCUT2D eigenvalue weighted by molar-refractivity contribution is 5.50. The molecule has 2 aromatic carbocycles. The first-order valence-electron chi connectivity index (χ1n) is 5.88. The van der Waals surface area contributed by atoms with Crippen molar-refractivity contribution in [2.45, 2.75) is 12.8 Å². The molecule has 2 aromatic rings. The summed E-state index contributed by atoms with van der Waals surface area (Å²) < 4.78 is 0. The molecule has 0 aliphatic carbocycles. The van der Waals surface area contributed by atoms with Crippen LogP contribution in [0.15, 0.2) is 64.8 Å². The van der Waals surface area contributed by atoms with Crippen LogP contribution in [-0.2, 0) is 11.2 Å². The van der Waals surface area contributed by atoms with Gasteiger partial charge in [0.15, 0.2) is 0 Å². The minimum atomic E-state index is 0.541. The van der Waals surface area contributed by atoms with Gasteiger partial charge < -0.3 is 4.79 Å². The van der Waals surface area contributed by atoms with Gasteiger partial charge in [-0.15, -0.1) is 0 Å². The van der Waals surface area contributed by atoms with Crippen LogP contribution in [0.3, 0.4) is 0 Å². The second-order valence-electron chi connectivity index (χ2n) is 3.91. The van der Waals surface area contributed by atoms with Gasteiger partial charge in [0.05, 0.1) is 11.4 Å². The lowest BCUT2D eigenvalue weighted by Crippen LogP contribution is -1.84. The Morgan fingerprint density at radius 2 is 1.61 bits per heavy atom. The highest BCUT2D eigenvalue weighted by Gasteiger charge is 1.95. The number of aldehydes is 1. The molecule has 0 saturated heterocycles. The SMILES string of the molecule is O=CCCc1cccc(N=Nc2ccccc2)c1. The normalized spacial score (nSPS) is 10.7. The zero-order chi connectivity index (χ0) is 12.6. The number of benzene rings is 2. The second-order valence-corrected chi connectivity index (χ2v) is 3.91. The first kappa shape index (κ1) is 12.2. The van der Waals surface area contributed by atoms with Gasteiger partial charge in [-0.2, -0.15) is 10.2 Å². The molecule has 2 rings (SSSR count). The van der Waals surface area contributed by atoms with E-state index >= 15 is 0 Å². The third-order valence-electron chi connectivity index (χ3n) is 2.50. The van der Waals surface area contributed by atoms with Crippen LogP contribution in [0.25, 0.3) is 0 Å². The van der Waals surface area contributed by atoms with Crippen molar-refractivity contribution in [3.8, 4) is 0 Å². The summed E-state index contributed by atoms with van der Waals surface area (Å²) in [6.45, 7) is 0. The van der Waals surface area contributed by atoms with Gasteiger partial charge in [0.2, 0.25) is 0 Å². The Kier molecular flexibility index (Phi) is 4.36. The molecule has 90 valence electrons. The van der Waals surface area contributed by atoms with E-state index in [0.717, 1.165) is 29.6 Å². The van der Waals surface area contributed by atoms with Crippen LogP contribution in [0.4, 0.5) is 11.4 Å². The molecule has 0 saturated carbocycles. The van der Waals surface area contributed by atoms with Crippen molar-refractivity contribution in [2.24, 2.45) is 10.2 Å². The van der Waals surface area contributed by atoms with E-state index in [2.05, 4.69) is 10.2 Å². The predicted molar refractivity (Wildman–Crippen MR) is 71.4 cm³/mol. The average molecular weight is 238 g/mol. The quantitative estimate of drug-likeness (QED) is 0.567. The fourth-order valence-electron chi connectivity index (χ4n) is 1.61. The van der Waals surface area contributed by atoms with Crippen LogP contribution in [-0.4, -0.2) is 6.29 Å². The summed E-state index contributed by atoms with van der Waals surface area (Å²) in [5, 5.41) is 8.34. The van der Waals surface area contributed by atoms with E-state index in [4.69, 9.17) is 0 Å². The van der Waals surface area contributed by atoms with Gasteiger partial charge in [-0.1, -0.05) is 30.3 Å². The number of nitrogens with zero attached hydrogens (tertiary/aromatic N) is 2. The van der Waals surface area contributed by atoms with Crippen molar-refractivity contribution in [1.82, 2.24) is 0 Å². The molecule has 0 unspecified atom stereocenters. The van der Waals surface area contributed by atoms with E-state index in [1.54, 1.807) is 0 Å². The lowest BCUT2D eigenvalue weighted by Gasteiger charge is -1.98. The van der Waals surface area contributed by atoms with Crippen LogP contribution in [0.1, 0.15) is 12.0 Å². The standard InChI is InChI=1S/C15H14N2O/c18-11-5-7-13-6-4-10-15(12-13)17-16-14-8-2-1-3-9-14/h1-4,6,8-12H,5,7H2. The van der Waals surface area contributed by atoms with Crippen LogP contribution in [0.2, 0.25) is 0 Å². The Hall–Kier alpha value is -2.29. The molecule has 18 heavy (non-hydrogen) atoms. The van der Waals surface area contributed by atoms with Crippen molar-refractivity contribution in [2.75, 3.05) is 0 Å². The molecule has 0 spiro atoms. The zero-order valence-electron chi connectivity index (χ0n) is 9.99. The molecule has 0 aliphatic rings. The first-order chi connectivity index (χ1) is 8.88. The molecule has 0 amide bonds. The lowest BCUT2D eigenvalue weighted by molar-refractivity contribution is -0.107. The molecule has 0 N–H and O–H groups in total. The van der Waals surface area contributed by atoms with Gasteiger partial charge >= 0.3 is 0 Å². The molecule has 0 aliphatic heterocycles. The number of hydrogen-bond donors (Lipinski definition) is 0. The summed E-state index contributed by atoms with van der Waals surface area (Å²) in [5.74, 6) is 0. The molecule has 0 fully saturated rings. The van der Waals surface area contributed by atoms with E-state index in [-0.39, 0.29) is 0 Å². The van der Waals surface area contributed by atoms with Crippen LogP contribution in [0, 0.1) is 0 Å². The van der Waals surface area contributed by atoms with Gasteiger partial charge in [-0.25, -0.2) is 0 Å². The summed E-state index contributed by atoms with van der Waals surface area (Å²) in [5.41, 5.74) is 2.74. The third kappa shape index (κ3) is 3.63. The summed E-state index contributed by atoms with van der Waals surface area (Å²) in [6.07, 6.45) is 2.22. The molecule has 0 aromatic heterocycles. The lowest BCUT2D eigenvalue weighted by atomic mass is 10.1. The third-order valence-corrected chi connectivity index (χ3v) is 2.50. The Labute approximate surface area is 106 Å². The van der Waals surface area contributed by atoms with E-state index < -0.39 is 0 Å². The Morgan fingerprint density at radius 3 is 2.39 bits per heavy atom. The molecular formula is C15H14N2O. The minimum absolute atomic E-state index is 0.541. The van der Waals surface area contributed by atoms with E-state index in [0.29, 0.717) is 6.42 Å². The summed E-state index contributed by atoms with van der Waals surface area (Å²) in [4.78, 5) is 10.3. The number of aryl methyl sites for hydroxylation is 1. The number of carbonyl (C=O) groups excluding carboxylic acids is 1. The summed E-state index contributed by atoms with van der Waals surface area (Å²) >= 11 is 0. The number of hydrogen-bond acceptors (Lipinski definition) is 3. The summed E-state index contributed by atoms with van der Waals surface area (Å²) in [7, 11) is 0. The van der Waals surface area contributed by atoms with Crippen LogP contribution >= 0.6 is 0 Å². The Balaban J connectivity index is 2.09. The van der Waals surface area contributed by atoms with Gasteiger partial charge in [-0.3, -0.25) is 0 Å².